The highest BCUT2D eigenvalue weighted by atomic mass is 16.3. The summed E-state index contributed by atoms with van der Waals surface area (Å²) in [6.45, 7) is 5.54. The number of rotatable bonds is 6. The van der Waals surface area contributed by atoms with Crippen molar-refractivity contribution in [2.75, 3.05) is 6.54 Å². The minimum atomic E-state index is -0.413. The lowest BCUT2D eigenvalue weighted by molar-refractivity contribution is 0.165. The van der Waals surface area contributed by atoms with Crippen molar-refractivity contribution in [1.82, 2.24) is 5.32 Å². The molecule has 2 aromatic rings. The van der Waals surface area contributed by atoms with Crippen molar-refractivity contribution >= 4 is 0 Å². The van der Waals surface area contributed by atoms with Crippen molar-refractivity contribution < 1.29 is 9.52 Å². The third-order valence-corrected chi connectivity index (χ3v) is 3.27. The lowest BCUT2D eigenvalue weighted by Gasteiger charge is -2.14. The van der Waals surface area contributed by atoms with Gasteiger partial charge in [-0.25, -0.2) is 0 Å². The number of benzene rings is 1. The summed E-state index contributed by atoms with van der Waals surface area (Å²) in [6.07, 6.45) is 1.96. The van der Waals surface area contributed by atoms with Crippen LogP contribution in [0, 0.1) is 13.8 Å². The number of aliphatic hydroxyl groups is 1. The van der Waals surface area contributed by atoms with Crippen LogP contribution in [0.3, 0.4) is 0 Å². The Morgan fingerprint density at radius 3 is 2.84 bits per heavy atom. The van der Waals surface area contributed by atoms with Crippen LogP contribution in [-0.4, -0.2) is 11.7 Å². The van der Waals surface area contributed by atoms with E-state index in [9.17, 15) is 5.11 Å². The normalized spacial score (nSPS) is 12.6. The summed E-state index contributed by atoms with van der Waals surface area (Å²) >= 11 is 0. The van der Waals surface area contributed by atoms with E-state index in [1.165, 1.54) is 5.56 Å². The molecule has 1 unspecified atom stereocenters. The van der Waals surface area contributed by atoms with E-state index in [4.69, 9.17) is 4.42 Å². The minimum absolute atomic E-state index is 0.413. The quantitative estimate of drug-likeness (QED) is 0.783. The fourth-order valence-corrected chi connectivity index (χ4v) is 2.14. The summed E-state index contributed by atoms with van der Waals surface area (Å²) in [5.41, 5.74) is 3.35. The minimum Gasteiger partial charge on any atom is -0.468 e. The van der Waals surface area contributed by atoms with Gasteiger partial charge in [0.05, 0.1) is 18.9 Å². The molecule has 1 atom stereocenters. The van der Waals surface area contributed by atoms with Crippen molar-refractivity contribution in [1.29, 1.82) is 0 Å². The molecule has 1 aromatic heterocycles. The van der Waals surface area contributed by atoms with E-state index in [0.717, 1.165) is 23.4 Å². The third-order valence-electron chi connectivity index (χ3n) is 3.27. The third kappa shape index (κ3) is 3.94. The standard InChI is InChI=1S/C16H21NO2/c1-12-5-6-13(2)15(10-12)16(18)7-8-17-11-14-4-3-9-19-14/h3-6,9-10,16-18H,7-8,11H2,1-2H3. The highest BCUT2D eigenvalue weighted by Crippen LogP contribution is 2.21. The average Bonchev–Trinajstić information content (AvgIpc) is 2.90. The molecule has 0 spiro atoms. The largest absolute Gasteiger partial charge is 0.468 e. The number of aliphatic hydroxyl groups excluding tert-OH is 1. The van der Waals surface area contributed by atoms with Gasteiger partial charge in [-0.2, -0.15) is 0 Å². The average molecular weight is 259 g/mol. The van der Waals surface area contributed by atoms with E-state index in [1.54, 1.807) is 6.26 Å². The summed E-state index contributed by atoms with van der Waals surface area (Å²) in [5.74, 6) is 0.918. The molecule has 0 saturated heterocycles. The van der Waals surface area contributed by atoms with Crippen LogP contribution in [0.15, 0.2) is 41.0 Å². The van der Waals surface area contributed by atoms with Crippen molar-refractivity contribution in [2.45, 2.75) is 32.9 Å². The molecule has 0 amide bonds. The summed E-state index contributed by atoms with van der Waals surface area (Å²) in [7, 11) is 0. The maximum atomic E-state index is 10.2. The number of nitrogens with one attached hydrogen (secondary N) is 1. The van der Waals surface area contributed by atoms with Gasteiger partial charge in [0, 0.05) is 0 Å². The zero-order valence-corrected chi connectivity index (χ0v) is 11.5. The monoisotopic (exact) mass is 259 g/mol. The Labute approximate surface area is 114 Å². The maximum Gasteiger partial charge on any atom is 0.117 e. The highest BCUT2D eigenvalue weighted by Gasteiger charge is 2.10. The fraction of sp³-hybridized carbons (Fsp3) is 0.375. The molecular formula is C16H21NO2. The molecule has 1 heterocycles. The predicted octanol–water partition coefficient (Wildman–Crippen LogP) is 3.11. The lowest BCUT2D eigenvalue weighted by Crippen LogP contribution is -2.17. The topological polar surface area (TPSA) is 45.4 Å². The zero-order valence-electron chi connectivity index (χ0n) is 11.5. The molecule has 0 radical (unpaired) electrons. The van der Waals surface area contributed by atoms with E-state index in [0.29, 0.717) is 13.0 Å². The first kappa shape index (κ1) is 13.8. The molecule has 0 aliphatic heterocycles. The predicted molar refractivity (Wildman–Crippen MR) is 75.9 cm³/mol. The number of hydrogen-bond acceptors (Lipinski definition) is 3. The molecule has 0 saturated carbocycles. The molecule has 0 fully saturated rings. The summed E-state index contributed by atoms with van der Waals surface area (Å²) < 4.78 is 5.24. The van der Waals surface area contributed by atoms with E-state index in [1.807, 2.05) is 26.0 Å². The smallest absolute Gasteiger partial charge is 0.117 e. The Hall–Kier alpha value is -1.58. The van der Waals surface area contributed by atoms with Gasteiger partial charge in [-0.05, 0) is 50.1 Å². The molecule has 3 heteroatoms. The number of furan rings is 1. The molecule has 2 N–H and O–H groups in total. The molecule has 2 rings (SSSR count). The second-order valence-electron chi connectivity index (χ2n) is 4.92. The van der Waals surface area contributed by atoms with E-state index >= 15 is 0 Å². The van der Waals surface area contributed by atoms with E-state index < -0.39 is 6.10 Å². The first-order valence-electron chi connectivity index (χ1n) is 6.65. The second kappa shape index (κ2) is 6.55. The Morgan fingerprint density at radius 2 is 2.11 bits per heavy atom. The van der Waals surface area contributed by atoms with Crippen molar-refractivity contribution in [3.8, 4) is 0 Å². The summed E-state index contributed by atoms with van der Waals surface area (Å²) in [4.78, 5) is 0. The van der Waals surface area contributed by atoms with Crippen LogP contribution in [0.25, 0.3) is 0 Å². The molecule has 102 valence electrons. The summed E-state index contributed by atoms with van der Waals surface area (Å²) in [5, 5.41) is 13.5. The van der Waals surface area contributed by atoms with E-state index in [2.05, 4.69) is 23.5 Å². The highest BCUT2D eigenvalue weighted by molar-refractivity contribution is 5.32. The first-order valence-corrected chi connectivity index (χ1v) is 6.65. The summed E-state index contributed by atoms with van der Waals surface area (Å²) in [6, 6.07) is 10.0. The van der Waals surface area contributed by atoms with Crippen LogP contribution in [0.5, 0.6) is 0 Å². The van der Waals surface area contributed by atoms with Crippen molar-refractivity contribution in [3.05, 3.63) is 59.0 Å². The molecular weight excluding hydrogens is 238 g/mol. The van der Waals surface area contributed by atoms with Crippen LogP contribution >= 0.6 is 0 Å². The van der Waals surface area contributed by atoms with Crippen molar-refractivity contribution in [3.63, 3.8) is 0 Å². The second-order valence-corrected chi connectivity index (χ2v) is 4.92. The van der Waals surface area contributed by atoms with Gasteiger partial charge in [0.15, 0.2) is 0 Å². The molecule has 1 aromatic carbocycles. The van der Waals surface area contributed by atoms with Crippen LogP contribution in [-0.2, 0) is 6.54 Å². The van der Waals surface area contributed by atoms with Gasteiger partial charge in [-0.1, -0.05) is 23.8 Å². The van der Waals surface area contributed by atoms with Crippen LogP contribution in [0.2, 0.25) is 0 Å². The SMILES string of the molecule is Cc1ccc(C)c(C(O)CCNCc2ccco2)c1. The van der Waals surface area contributed by atoms with Crippen molar-refractivity contribution in [2.24, 2.45) is 0 Å². The van der Waals surface area contributed by atoms with Gasteiger partial charge in [0.25, 0.3) is 0 Å². The molecule has 0 aliphatic carbocycles. The van der Waals surface area contributed by atoms with Gasteiger partial charge in [0.1, 0.15) is 5.76 Å². The molecule has 19 heavy (non-hydrogen) atoms. The first-order chi connectivity index (χ1) is 9.16. The Balaban J connectivity index is 1.80. The van der Waals surface area contributed by atoms with Gasteiger partial charge in [-0.15, -0.1) is 0 Å². The van der Waals surface area contributed by atoms with Crippen LogP contribution < -0.4 is 5.32 Å². The number of aryl methyl sites for hydroxylation is 2. The lowest BCUT2D eigenvalue weighted by atomic mass is 9.99. The molecule has 3 nitrogen and oxygen atoms in total. The van der Waals surface area contributed by atoms with Gasteiger partial charge < -0.3 is 14.8 Å². The van der Waals surface area contributed by atoms with Crippen LogP contribution in [0.1, 0.15) is 35.0 Å². The molecule has 0 bridgehead atoms. The number of hydrogen-bond donors (Lipinski definition) is 2. The Kier molecular flexibility index (Phi) is 4.77. The van der Waals surface area contributed by atoms with Gasteiger partial charge in [-0.3, -0.25) is 0 Å². The Morgan fingerprint density at radius 1 is 1.26 bits per heavy atom. The molecule has 0 aliphatic rings. The van der Waals surface area contributed by atoms with Gasteiger partial charge in [0.2, 0.25) is 0 Å². The van der Waals surface area contributed by atoms with Gasteiger partial charge >= 0.3 is 0 Å². The van der Waals surface area contributed by atoms with Crippen LogP contribution in [0.4, 0.5) is 0 Å². The maximum absolute atomic E-state index is 10.2. The zero-order chi connectivity index (χ0) is 13.7. The van der Waals surface area contributed by atoms with E-state index in [-0.39, 0.29) is 0 Å². The fourth-order valence-electron chi connectivity index (χ4n) is 2.14. The Bertz CT molecular complexity index is 505.